The summed E-state index contributed by atoms with van der Waals surface area (Å²) in [7, 11) is 1.52. The lowest BCUT2D eigenvalue weighted by Crippen LogP contribution is -2.11. The molecular weight excluding hydrogens is 244 g/mol. The lowest BCUT2D eigenvalue weighted by atomic mass is 10.1. The van der Waals surface area contributed by atoms with E-state index < -0.39 is 0 Å². The summed E-state index contributed by atoms with van der Waals surface area (Å²) in [6.07, 6.45) is 1.41. The monoisotopic (exact) mass is 262 g/mol. The molecule has 6 heteroatoms. The maximum Gasteiger partial charge on any atom is 0.242 e. The second kappa shape index (κ2) is 5.17. The van der Waals surface area contributed by atoms with Crippen molar-refractivity contribution in [2.75, 3.05) is 18.2 Å². The Balaban J connectivity index is 2.24. The van der Waals surface area contributed by atoms with Gasteiger partial charge in [-0.15, -0.1) is 0 Å². The molecule has 0 aromatic carbocycles. The molecule has 2 aromatic heterocycles. The minimum Gasteiger partial charge on any atom is -0.479 e. The molecule has 0 bridgehead atoms. The maximum atomic E-state index is 5.93. The Morgan fingerprint density at radius 3 is 2.68 bits per heavy atom. The van der Waals surface area contributed by atoms with Crippen molar-refractivity contribution in [3.05, 3.63) is 29.5 Å². The Kier molecular flexibility index (Phi) is 3.59. The van der Waals surface area contributed by atoms with Crippen LogP contribution in [0.3, 0.4) is 0 Å². The van der Waals surface area contributed by atoms with E-state index in [1.165, 1.54) is 13.4 Å². The number of hydrogen-bond donors (Lipinski definition) is 2. The number of nitrogens with one attached hydrogen (secondary N) is 1. The summed E-state index contributed by atoms with van der Waals surface area (Å²) in [5, 5.41) is 3.24. The van der Waals surface area contributed by atoms with Crippen molar-refractivity contribution in [3.63, 3.8) is 0 Å². The van der Waals surface area contributed by atoms with Crippen LogP contribution in [0.5, 0.6) is 5.88 Å². The van der Waals surface area contributed by atoms with Gasteiger partial charge in [0.25, 0.3) is 0 Å². The SMILES string of the molecule is COc1ncnc(NC(C)c2cc(C)oc2C)c1N. The van der Waals surface area contributed by atoms with Crippen molar-refractivity contribution in [1.82, 2.24) is 9.97 Å². The van der Waals surface area contributed by atoms with Crippen molar-refractivity contribution >= 4 is 11.5 Å². The summed E-state index contributed by atoms with van der Waals surface area (Å²) in [5.41, 5.74) is 7.40. The van der Waals surface area contributed by atoms with E-state index in [1.807, 2.05) is 26.8 Å². The summed E-state index contributed by atoms with van der Waals surface area (Å²) in [5.74, 6) is 2.69. The average Bonchev–Trinajstić information content (AvgIpc) is 2.71. The van der Waals surface area contributed by atoms with Gasteiger partial charge in [0.2, 0.25) is 5.88 Å². The molecule has 6 nitrogen and oxygen atoms in total. The molecule has 0 amide bonds. The smallest absolute Gasteiger partial charge is 0.242 e. The molecular formula is C13H18N4O2. The summed E-state index contributed by atoms with van der Waals surface area (Å²) >= 11 is 0. The molecule has 0 radical (unpaired) electrons. The third kappa shape index (κ3) is 2.62. The highest BCUT2D eigenvalue weighted by Crippen LogP contribution is 2.29. The molecule has 3 N–H and O–H groups in total. The molecule has 0 saturated heterocycles. The molecule has 0 saturated carbocycles. The lowest BCUT2D eigenvalue weighted by Gasteiger charge is -2.15. The van der Waals surface area contributed by atoms with Crippen molar-refractivity contribution < 1.29 is 9.15 Å². The fourth-order valence-corrected chi connectivity index (χ4v) is 2.02. The third-order valence-corrected chi connectivity index (χ3v) is 2.94. The molecule has 0 spiro atoms. The quantitative estimate of drug-likeness (QED) is 0.880. The average molecular weight is 262 g/mol. The molecule has 0 fully saturated rings. The van der Waals surface area contributed by atoms with Crippen LogP contribution in [0.4, 0.5) is 11.5 Å². The first-order chi connectivity index (χ1) is 9.02. The molecule has 19 heavy (non-hydrogen) atoms. The molecule has 2 aromatic rings. The Bertz CT molecular complexity index is 580. The van der Waals surface area contributed by atoms with Crippen molar-refractivity contribution in [1.29, 1.82) is 0 Å². The van der Waals surface area contributed by atoms with Crippen LogP contribution in [-0.4, -0.2) is 17.1 Å². The predicted molar refractivity (Wildman–Crippen MR) is 73.2 cm³/mol. The molecule has 2 heterocycles. The minimum absolute atomic E-state index is 0.0272. The first kappa shape index (κ1) is 13.2. The van der Waals surface area contributed by atoms with Crippen LogP contribution in [0.1, 0.15) is 30.0 Å². The highest BCUT2D eigenvalue weighted by molar-refractivity contribution is 5.66. The number of aryl methyl sites for hydroxylation is 2. The number of ether oxygens (including phenoxy) is 1. The first-order valence-corrected chi connectivity index (χ1v) is 6.00. The fourth-order valence-electron chi connectivity index (χ4n) is 2.02. The Morgan fingerprint density at radius 2 is 2.11 bits per heavy atom. The number of methoxy groups -OCH3 is 1. The Hall–Kier alpha value is -2.24. The summed E-state index contributed by atoms with van der Waals surface area (Å²) < 4.78 is 10.6. The van der Waals surface area contributed by atoms with Crippen LogP contribution in [0.25, 0.3) is 0 Å². The minimum atomic E-state index is 0.0272. The maximum absolute atomic E-state index is 5.93. The zero-order valence-electron chi connectivity index (χ0n) is 11.5. The topological polar surface area (TPSA) is 86.2 Å². The van der Waals surface area contributed by atoms with Gasteiger partial charge in [0.05, 0.1) is 13.2 Å². The van der Waals surface area contributed by atoms with Gasteiger partial charge in [0.15, 0.2) is 5.82 Å². The molecule has 1 atom stereocenters. The molecule has 0 aliphatic heterocycles. The van der Waals surface area contributed by atoms with Gasteiger partial charge in [0, 0.05) is 5.56 Å². The molecule has 0 aliphatic rings. The van der Waals surface area contributed by atoms with E-state index >= 15 is 0 Å². The molecule has 102 valence electrons. The van der Waals surface area contributed by atoms with Crippen LogP contribution in [0.15, 0.2) is 16.8 Å². The van der Waals surface area contributed by atoms with Crippen LogP contribution >= 0.6 is 0 Å². The second-order valence-corrected chi connectivity index (χ2v) is 4.38. The number of nitrogen functional groups attached to an aromatic ring is 1. The highest BCUT2D eigenvalue weighted by atomic mass is 16.5. The number of aromatic nitrogens is 2. The van der Waals surface area contributed by atoms with Crippen molar-refractivity contribution in [2.45, 2.75) is 26.8 Å². The van der Waals surface area contributed by atoms with E-state index in [9.17, 15) is 0 Å². The van der Waals surface area contributed by atoms with Gasteiger partial charge in [-0.2, -0.15) is 4.98 Å². The highest BCUT2D eigenvalue weighted by Gasteiger charge is 2.15. The number of nitrogens with zero attached hydrogens (tertiary/aromatic N) is 2. The molecule has 1 unspecified atom stereocenters. The molecule has 2 rings (SSSR count). The molecule has 0 aliphatic carbocycles. The van der Waals surface area contributed by atoms with Crippen LogP contribution in [0, 0.1) is 13.8 Å². The van der Waals surface area contributed by atoms with Gasteiger partial charge in [-0.1, -0.05) is 0 Å². The van der Waals surface area contributed by atoms with E-state index in [-0.39, 0.29) is 6.04 Å². The number of rotatable bonds is 4. The van der Waals surface area contributed by atoms with Gasteiger partial charge in [0.1, 0.15) is 23.5 Å². The van der Waals surface area contributed by atoms with E-state index in [1.54, 1.807) is 0 Å². The van der Waals surface area contributed by atoms with Gasteiger partial charge in [-0.25, -0.2) is 4.98 Å². The van der Waals surface area contributed by atoms with E-state index in [4.69, 9.17) is 14.9 Å². The largest absolute Gasteiger partial charge is 0.479 e. The summed E-state index contributed by atoms with van der Waals surface area (Å²) in [6.45, 7) is 5.88. The van der Waals surface area contributed by atoms with Gasteiger partial charge in [-0.3, -0.25) is 0 Å². The normalized spacial score (nSPS) is 12.2. The first-order valence-electron chi connectivity index (χ1n) is 6.00. The summed E-state index contributed by atoms with van der Waals surface area (Å²) in [4.78, 5) is 8.07. The fraction of sp³-hybridized carbons (Fsp3) is 0.385. The lowest BCUT2D eigenvalue weighted by molar-refractivity contribution is 0.399. The number of anilines is 2. The van der Waals surface area contributed by atoms with E-state index in [0.29, 0.717) is 17.4 Å². The third-order valence-electron chi connectivity index (χ3n) is 2.94. The van der Waals surface area contributed by atoms with Gasteiger partial charge < -0.3 is 20.2 Å². The predicted octanol–water partition coefficient (Wildman–Crippen LogP) is 2.45. The van der Waals surface area contributed by atoms with Crippen molar-refractivity contribution in [2.24, 2.45) is 0 Å². The summed E-state index contributed by atoms with van der Waals surface area (Å²) in [6, 6.07) is 2.03. The van der Waals surface area contributed by atoms with E-state index in [0.717, 1.165) is 17.1 Å². The number of furan rings is 1. The van der Waals surface area contributed by atoms with Crippen LogP contribution < -0.4 is 15.8 Å². The number of nitrogens with two attached hydrogens (primary N) is 1. The van der Waals surface area contributed by atoms with E-state index in [2.05, 4.69) is 15.3 Å². The standard InChI is InChI=1S/C13H18N4O2/c1-7-5-10(9(3)19-7)8(2)17-12-11(14)13(18-4)16-6-15-12/h5-6,8H,14H2,1-4H3,(H,15,16,17). The van der Waals surface area contributed by atoms with Crippen LogP contribution in [-0.2, 0) is 0 Å². The Morgan fingerprint density at radius 1 is 1.37 bits per heavy atom. The Labute approximate surface area is 112 Å². The number of hydrogen-bond acceptors (Lipinski definition) is 6. The van der Waals surface area contributed by atoms with Gasteiger partial charge >= 0.3 is 0 Å². The van der Waals surface area contributed by atoms with Gasteiger partial charge in [-0.05, 0) is 26.8 Å². The zero-order chi connectivity index (χ0) is 14.0. The van der Waals surface area contributed by atoms with Crippen molar-refractivity contribution in [3.8, 4) is 5.88 Å². The van der Waals surface area contributed by atoms with Crippen LogP contribution in [0.2, 0.25) is 0 Å². The zero-order valence-corrected chi connectivity index (χ0v) is 11.5. The second-order valence-electron chi connectivity index (χ2n) is 4.38.